The molecule has 0 bridgehead atoms. The maximum absolute atomic E-state index is 14.0. The molecule has 278 valence electrons. The normalized spacial score (nSPS) is 15.8. The molecule has 0 amide bonds. The zero-order chi connectivity index (χ0) is 34.8. The summed E-state index contributed by atoms with van der Waals surface area (Å²) in [5.74, 6) is -0.168. The number of methoxy groups -OCH3 is 1. The molecule has 1 aliphatic carbocycles. The maximum Gasteiger partial charge on any atom is 0.421 e. The summed E-state index contributed by atoms with van der Waals surface area (Å²) >= 11 is 0. The zero-order valence-corrected chi connectivity index (χ0v) is 30.2. The van der Waals surface area contributed by atoms with E-state index in [2.05, 4.69) is 39.6 Å². The number of carboxylic acids is 1. The second-order valence-corrected chi connectivity index (χ2v) is 12.7. The van der Waals surface area contributed by atoms with Gasteiger partial charge >= 0.3 is 12.1 Å². The summed E-state index contributed by atoms with van der Waals surface area (Å²) in [6.07, 6.45) is 3.20. The summed E-state index contributed by atoms with van der Waals surface area (Å²) in [6.45, 7) is 6.28. The molecular weight excluding hydrogens is 714 g/mol. The second kappa shape index (κ2) is 16.6. The van der Waals surface area contributed by atoms with Crippen LogP contribution in [0.1, 0.15) is 38.2 Å². The van der Waals surface area contributed by atoms with Crippen molar-refractivity contribution in [1.29, 1.82) is 0 Å². The monoisotopic (exact) mass is 755 g/mol. The van der Waals surface area contributed by atoms with Gasteiger partial charge < -0.3 is 29.4 Å². The Kier molecular flexibility index (Phi) is 12.9. The van der Waals surface area contributed by atoms with E-state index < -0.39 is 23.6 Å². The first-order valence-electron chi connectivity index (χ1n) is 16.3. The molecule has 1 saturated carbocycles. The average molecular weight is 757 g/mol. The number of nitrogens with zero attached hydrogens (tertiary/aromatic N) is 8. The number of aromatic amines is 1. The highest BCUT2D eigenvalue weighted by Crippen LogP contribution is 2.43. The minimum Gasteiger partial charge on any atom is -0.481 e. The Labute approximate surface area is 305 Å². The number of rotatable bonds is 13. The number of aromatic nitrogens is 6. The number of alkyl halides is 3. The number of piperazine rings is 1. The van der Waals surface area contributed by atoms with Gasteiger partial charge in [-0.05, 0) is 31.9 Å². The number of imidazole rings is 1. The Morgan fingerprint density at radius 1 is 1.04 bits per heavy atom. The first-order valence-corrected chi connectivity index (χ1v) is 16.3. The molecular formula is C33H42Cl2F3N9O4. The lowest BCUT2D eigenvalue weighted by Gasteiger charge is -2.44. The molecule has 5 heterocycles. The van der Waals surface area contributed by atoms with E-state index >= 15 is 0 Å². The molecule has 51 heavy (non-hydrogen) atoms. The van der Waals surface area contributed by atoms with E-state index in [1.54, 1.807) is 32.5 Å². The van der Waals surface area contributed by atoms with Gasteiger partial charge in [0.25, 0.3) is 0 Å². The summed E-state index contributed by atoms with van der Waals surface area (Å²) in [5, 5.41) is 8.97. The van der Waals surface area contributed by atoms with Gasteiger partial charge in [-0.25, -0.2) is 24.9 Å². The minimum atomic E-state index is -4.67. The van der Waals surface area contributed by atoms with Crippen molar-refractivity contribution in [3.63, 3.8) is 0 Å². The first-order chi connectivity index (χ1) is 23.5. The van der Waals surface area contributed by atoms with Gasteiger partial charge in [0, 0.05) is 70.6 Å². The molecule has 0 unspecified atom stereocenters. The molecule has 2 N–H and O–H groups in total. The number of carbonyl (C=O) groups is 1. The largest absolute Gasteiger partial charge is 0.481 e. The van der Waals surface area contributed by atoms with Crippen molar-refractivity contribution in [2.75, 3.05) is 76.4 Å². The van der Waals surface area contributed by atoms with E-state index in [0.29, 0.717) is 67.0 Å². The highest BCUT2D eigenvalue weighted by Gasteiger charge is 2.39. The predicted octanol–water partition coefficient (Wildman–Crippen LogP) is 5.59. The van der Waals surface area contributed by atoms with Crippen LogP contribution < -0.4 is 14.5 Å². The number of hydrogen-bond donors (Lipinski definition) is 2. The molecule has 0 radical (unpaired) electrons. The highest BCUT2D eigenvalue weighted by atomic mass is 35.5. The van der Waals surface area contributed by atoms with Crippen molar-refractivity contribution in [2.45, 2.75) is 38.8 Å². The molecule has 13 nitrogen and oxygen atoms in total. The Bertz CT molecular complexity index is 1780. The first kappa shape index (κ1) is 39.8. The van der Waals surface area contributed by atoms with Gasteiger partial charge in [0.2, 0.25) is 5.88 Å². The van der Waals surface area contributed by atoms with Crippen molar-refractivity contribution in [3.05, 3.63) is 36.3 Å². The molecule has 2 aliphatic rings. The molecule has 0 aromatic carbocycles. The quantitative estimate of drug-likeness (QED) is 0.176. The van der Waals surface area contributed by atoms with Crippen LogP contribution in [0.3, 0.4) is 0 Å². The van der Waals surface area contributed by atoms with Crippen LogP contribution in [0.15, 0.2) is 30.7 Å². The Hall–Kier alpha value is -3.99. The van der Waals surface area contributed by atoms with Crippen LogP contribution >= 0.6 is 24.8 Å². The Balaban J connectivity index is 0.00000292. The van der Waals surface area contributed by atoms with E-state index in [0.717, 1.165) is 38.4 Å². The number of anilines is 2. The number of H-pyrrole nitrogens is 1. The van der Waals surface area contributed by atoms with Crippen molar-refractivity contribution < 1.29 is 32.5 Å². The lowest BCUT2D eigenvalue weighted by atomic mass is 9.69. The second-order valence-electron chi connectivity index (χ2n) is 12.7. The lowest BCUT2D eigenvalue weighted by Crippen LogP contribution is -2.47. The van der Waals surface area contributed by atoms with E-state index in [1.807, 2.05) is 7.05 Å². The fourth-order valence-corrected chi connectivity index (χ4v) is 6.57. The average Bonchev–Trinajstić information content (AvgIpc) is 3.50. The van der Waals surface area contributed by atoms with Crippen LogP contribution in [0.4, 0.5) is 24.7 Å². The topological polar surface area (TPSA) is 146 Å². The predicted molar refractivity (Wildman–Crippen MR) is 191 cm³/mol. The Morgan fingerprint density at radius 2 is 1.78 bits per heavy atom. The van der Waals surface area contributed by atoms with E-state index in [-0.39, 0.29) is 54.5 Å². The van der Waals surface area contributed by atoms with E-state index in [9.17, 15) is 18.0 Å². The third-order valence-corrected chi connectivity index (χ3v) is 9.24. The van der Waals surface area contributed by atoms with Gasteiger partial charge in [-0.2, -0.15) is 13.2 Å². The van der Waals surface area contributed by atoms with Crippen molar-refractivity contribution >= 4 is 53.5 Å². The molecule has 0 atom stereocenters. The van der Waals surface area contributed by atoms with Crippen LogP contribution in [0.5, 0.6) is 5.88 Å². The summed E-state index contributed by atoms with van der Waals surface area (Å²) in [6, 6.07) is 2.77. The van der Waals surface area contributed by atoms with Gasteiger partial charge in [0.1, 0.15) is 22.6 Å². The summed E-state index contributed by atoms with van der Waals surface area (Å²) in [5.41, 5.74) is 1.59. The molecule has 1 saturated heterocycles. The molecule has 2 fully saturated rings. The van der Waals surface area contributed by atoms with Gasteiger partial charge in [0.05, 0.1) is 43.4 Å². The maximum atomic E-state index is 14.0. The summed E-state index contributed by atoms with van der Waals surface area (Å²) in [4.78, 5) is 43.2. The smallest absolute Gasteiger partial charge is 0.421 e. The number of pyridine rings is 2. The van der Waals surface area contributed by atoms with Crippen molar-refractivity contribution in [2.24, 2.45) is 5.41 Å². The summed E-state index contributed by atoms with van der Waals surface area (Å²) in [7, 11) is 3.64. The number of aliphatic carboxylic acids is 1. The van der Waals surface area contributed by atoms with Crippen molar-refractivity contribution in [3.8, 4) is 28.7 Å². The van der Waals surface area contributed by atoms with Gasteiger partial charge in [-0.1, -0.05) is 6.42 Å². The number of hydrogen-bond acceptors (Lipinski definition) is 11. The van der Waals surface area contributed by atoms with E-state index in [1.165, 1.54) is 6.20 Å². The van der Waals surface area contributed by atoms with Crippen LogP contribution in [-0.4, -0.2) is 113 Å². The SMILES string of the molecule is CCOc1ncc(-c2cc(N(C)CC3(COC)CCC3)c3[nH]c(-c4cnc(N5CCN(CCC(=O)O)CC5)cn4)nc3n2)cc1C(F)(F)F.Cl.Cl. The van der Waals surface area contributed by atoms with Gasteiger partial charge in [-0.15, -0.1) is 24.8 Å². The minimum absolute atomic E-state index is 0. The number of fused-ring (bicyclic) bond motifs is 1. The van der Waals surface area contributed by atoms with Gasteiger partial charge in [0.15, 0.2) is 11.5 Å². The fourth-order valence-electron chi connectivity index (χ4n) is 6.57. The van der Waals surface area contributed by atoms with Crippen LogP contribution in [0, 0.1) is 5.41 Å². The fraction of sp³-hybridized carbons (Fsp3) is 0.515. The van der Waals surface area contributed by atoms with Crippen LogP contribution in [-0.2, 0) is 15.7 Å². The van der Waals surface area contributed by atoms with Crippen molar-refractivity contribution in [1.82, 2.24) is 34.8 Å². The zero-order valence-electron chi connectivity index (χ0n) is 28.6. The Morgan fingerprint density at radius 3 is 2.37 bits per heavy atom. The molecule has 4 aromatic rings. The lowest BCUT2D eigenvalue weighted by molar-refractivity contribution is -0.139. The number of carboxylic acid groups (broad SMARTS) is 1. The third-order valence-electron chi connectivity index (χ3n) is 9.24. The molecule has 1 aliphatic heterocycles. The van der Waals surface area contributed by atoms with Crippen LogP contribution in [0.2, 0.25) is 0 Å². The number of nitrogens with one attached hydrogen (secondary N) is 1. The number of halogens is 5. The standard InChI is InChI=1S/C33H40F3N9O4.2ClH/c1-4-49-31-22(33(34,35)36)14-21(16-39-31)23-15-25(43(2)19-32(20-48-3)7-5-8-32)28-30(40-23)42-29(41-28)24-17-38-26(18-37-24)45-12-10-44(11-13-45)9-6-27(46)47;;/h14-18H,4-13,19-20H2,1-3H3,(H,46,47)(H,40,41,42);2*1H. The highest BCUT2D eigenvalue weighted by molar-refractivity contribution is 5.91. The van der Waals surface area contributed by atoms with Crippen LogP contribution in [0.25, 0.3) is 33.9 Å². The molecule has 4 aromatic heterocycles. The molecule has 0 spiro atoms. The number of ether oxygens (including phenoxy) is 2. The van der Waals surface area contributed by atoms with E-state index in [4.69, 9.17) is 19.6 Å². The van der Waals surface area contributed by atoms with Gasteiger partial charge in [-0.3, -0.25) is 9.69 Å². The third kappa shape index (κ3) is 8.91. The molecule has 6 rings (SSSR count). The molecule has 18 heteroatoms. The summed E-state index contributed by atoms with van der Waals surface area (Å²) < 4.78 is 52.8.